The van der Waals surface area contributed by atoms with Crippen molar-refractivity contribution in [2.75, 3.05) is 6.54 Å². The third-order valence-corrected chi connectivity index (χ3v) is 9.31. The monoisotopic (exact) mass is 649 g/mol. The van der Waals surface area contributed by atoms with E-state index in [9.17, 15) is 33.9 Å². The van der Waals surface area contributed by atoms with Gasteiger partial charge in [-0.15, -0.1) is 0 Å². The largest absolute Gasteiger partial charge is 0.391 e. The van der Waals surface area contributed by atoms with Crippen molar-refractivity contribution in [3.05, 3.63) is 42.1 Å². The third kappa shape index (κ3) is 7.37. The Balaban J connectivity index is 1.43. The fraction of sp³-hybridized carbons (Fsp3) is 0.545. The lowest BCUT2D eigenvalue weighted by atomic mass is 9.98. The second-order valence-electron chi connectivity index (χ2n) is 13.2. The van der Waals surface area contributed by atoms with Gasteiger partial charge in [0, 0.05) is 35.8 Å². The number of aliphatic hydroxyl groups is 1. The molecular weight excluding hydrogens is 606 g/mol. The minimum Gasteiger partial charge on any atom is -0.391 e. The molecule has 3 aliphatic rings. The van der Waals surface area contributed by atoms with Crippen LogP contribution in [0.25, 0.3) is 10.9 Å². The van der Waals surface area contributed by atoms with E-state index in [0.29, 0.717) is 24.8 Å². The van der Waals surface area contributed by atoms with E-state index in [2.05, 4.69) is 31.6 Å². The van der Waals surface area contributed by atoms with Gasteiger partial charge in [-0.3, -0.25) is 33.8 Å². The molecule has 2 aromatic rings. The molecule has 1 saturated carbocycles. The lowest BCUT2D eigenvalue weighted by Gasteiger charge is -2.33. The number of rotatable bonds is 4. The van der Waals surface area contributed by atoms with Crippen LogP contribution in [0.1, 0.15) is 63.7 Å². The maximum absolute atomic E-state index is 14.0. The lowest BCUT2D eigenvalue weighted by molar-refractivity contribution is -0.145. The number of amides is 6. The van der Waals surface area contributed by atoms with Crippen LogP contribution in [-0.2, 0) is 24.0 Å². The van der Waals surface area contributed by atoms with E-state index in [1.165, 1.54) is 18.7 Å². The summed E-state index contributed by atoms with van der Waals surface area (Å²) in [4.78, 5) is 86.6. The molecule has 3 fully saturated rings. The summed E-state index contributed by atoms with van der Waals surface area (Å²) in [6.07, 6.45) is 2.10. The predicted octanol–water partition coefficient (Wildman–Crippen LogP) is -0.256. The van der Waals surface area contributed by atoms with Gasteiger partial charge in [0.25, 0.3) is 5.91 Å². The van der Waals surface area contributed by atoms with Gasteiger partial charge >= 0.3 is 0 Å². The molecule has 1 aromatic heterocycles. The van der Waals surface area contributed by atoms with Crippen LogP contribution in [0.4, 0.5) is 0 Å². The summed E-state index contributed by atoms with van der Waals surface area (Å²) in [5.74, 6) is -4.27. The summed E-state index contributed by atoms with van der Waals surface area (Å²) in [6, 6.07) is 2.93. The van der Waals surface area contributed by atoms with Crippen molar-refractivity contribution in [1.82, 2.24) is 36.5 Å². The molecule has 0 unspecified atom stereocenters. The van der Waals surface area contributed by atoms with E-state index in [4.69, 9.17) is 0 Å². The van der Waals surface area contributed by atoms with Crippen LogP contribution in [0.5, 0.6) is 0 Å². The van der Waals surface area contributed by atoms with Crippen LogP contribution in [0, 0.1) is 11.8 Å². The molecule has 3 heterocycles. The molecule has 6 amide bonds. The number of pyridine rings is 1. The van der Waals surface area contributed by atoms with Gasteiger partial charge in [0.2, 0.25) is 29.5 Å². The molecule has 0 radical (unpaired) electrons. The van der Waals surface area contributed by atoms with E-state index < -0.39 is 83.7 Å². The van der Waals surface area contributed by atoms with Crippen LogP contribution in [0.15, 0.2) is 36.5 Å². The van der Waals surface area contributed by atoms with E-state index in [0.717, 1.165) is 10.9 Å². The summed E-state index contributed by atoms with van der Waals surface area (Å²) in [6.45, 7) is 6.27. The molecule has 14 heteroatoms. The molecule has 2 saturated heterocycles. The Bertz CT molecular complexity index is 1560. The zero-order valence-electron chi connectivity index (χ0n) is 27.0. The average molecular weight is 650 g/mol. The van der Waals surface area contributed by atoms with Gasteiger partial charge in [0.05, 0.1) is 17.5 Å². The minimum absolute atomic E-state index is 0.0304. The maximum Gasteiger partial charge on any atom is 0.251 e. The minimum atomic E-state index is -1.45. The zero-order chi connectivity index (χ0) is 34.0. The Morgan fingerprint density at radius 3 is 2.40 bits per heavy atom. The molecule has 0 bridgehead atoms. The number of hydrogen-bond donors (Lipinski definition) is 6. The maximum atomic E-state index is 14.0. The summed E-state index contributed by atoms with van der Waals surface area (Å²) in [5, 5.41) is 25.3. The molecule has 14 nitrogen and oxygen atoms in total. The first-order valence-corrected chi connectivity index (χ1v) is 16.2. The molecule has 1 aliphatic carbocycles. The molecule has 6 N–H and O–H groups in total. The highest BCUT2D eigenvalue weighted by Crippen LogP contribution is 2.27. The molecule has 8 atom stereocenters. The van der Waals surface area contributed by atoms with Crippen molar-refractivity contribution in [2.24, 2.45) is 11.8 Å². The van der Waals surface area contributed by atoms with Crippen molar-refractivity contribution in [1.29, 1.82) is 0 Å². The number of carbonyl (C=O) groups excluding carboxylic acids is 6. The highest BCUT2D eigenvalue weighted by molar-refractivity contribution is 5.99. The summed E-state index contributed by atoms with van der Waals surface area (Å²) >= 11 is 0. The SMILES string of the molecule is CC(C)[C@H]1NC(=O)[C@H]2CCC[C@@H]2NC(=O)[C@H](C)NC(=O)[C@@H]2C[C@H](NC(=O)c3ccc4ncccc4c3)CN2C(=O)[C@H]([C@@H](C)O)NC1=O. The lowest BCUT2D eigenvalue weighted by Crippen LogP contribution is -2.62. The van der Waals surface area contributed by atoms with Gasteiger partial charge in [0.1, 0.15) is 24.2 Å². The van der Waals surface area contributed by atoms with E-state index in [1.54, 1.807) is 44.3 Å². The first kappa shape index (κ1) is 33.8. The van der Waals surface area contributed by atoms with Gasteiger partial charge in [-0.2, -0.15) is 0 Å². The number of nitrogens with one attached hydrogen (secondary N) is 5. The zero-order valence-corrected chi connectivity index (χ0v) is 27.0. The van der Waals surface area contributed by atoms with Gasteiger partial charge in [-0.25, -0.2) is 0 Å². The highest BCUT2D eigenvalue weighted by Gasteiger charge is 2.45. The Morgan fingerprint density at radius 1 is 0.936 bits per heavy atom. The second kappa shape index (κ2) is 14.0. The Morgan fingerprint density at radius 2 is 1.68 bits per heavy atom. The molecular formula is C33H43N7O7. The van der Waals surface area contributed by atoms with Crippen molar-refractivity contribution in [3.8, 4) is 0 Å². The van der Waals surface area contributed by atoms with Crippen molar-refractivity contribution in [2.45, 2.75) is 95.7 Å². The third-order valence-electron chi connectivity index (χ3n) is 9.31. The van der Waals surface area contributed by atoms with E-state index in [-0.39, 0.29) is 18.9 Å². The number of benzene rings is 1. The molecule has 0 spiro atoms. The molecule has 1 aromatic carbocycles. The molecule has 252 valence electrons. The van der Waals surface area contributed by atoms with Crippen molar-refractivity contribution < 1.29 is 33.9 Å². The topological polar surface area (TPSA) is 199 Å². The number of fused-ring (bicyclic) bond motifs is 3. The predicted molar refractivity (Wildman–Crippen MR) is 170 cm³/mol. The van der Waals surface area contributed by atoms with Crippen LogP contribution in [0.3, 0.4) is 0 Å². The summed E-state index contributed by atoms with van der Waals surface area (Å²) in [7, 11) is 0. The standard InChI is InChI=1S/C33H43N7O7/c1-16(2)26-32(46)39-27(18(4)41)33(47)40-15-21(36-29(43)20-10-11-23-19(13-20)7-6-12-34-23)14-25(40)31(45)35-17(3)28(42)37-24-9-5-8-22(24)30(44)38-26/h6-7,10-13,16-18,21-22,24-27,41H,5,8-9,14-15H2,1-4H3,(H,35,45)(H,36,43)(H,37,42)(H,38,44)(H,39,46)/t17-,18+,21-,22-,24-,25-,26+,27-/m0/s1. The Hall–Kier alpha value is -4.59. The van der Waals surface area contributed by atoms with E-state index >= 15 is 0 Å². The summed E-state index contributed by atoms with van der Waals surface area (Å²) < 4.78 is 0. The van der Waals surface area contributed by atoms with Crippen LogP contribution in [-0.4, -0.2) is 99.3 Å². The fourth-order valence-electron chi connectivity index (χ4n) is 6.65. The highest BCUT2D eigenvalue weighted by atomic mass is 16.3. The second-order valence-corrected chi connectivity index (χ2v) is 13.2. The molecule has 5 rings (SSSR count). The Labute approximate surface area is 272 Å². The number of hydrogen-bond acceptors (Lipinski definition) is 8. The van der Waals surface area contributed by atoms with Crippen LogP contribution < -0.4 is 26.6 Å². The quantitative estimate of drug-likeness (QED) is 0.260. The van der Waals surface area contributed by atoms with E-state index in [1.807, 2.05) is 6.07 Å². The van der Waals surface area contributed by atoms with Gasteiger partial charge < -0.3 is 36.6 Å². The average Bonchev–Trinajstić information content (AvgIpc) is 3.68. The Kier molecular flexibility index (Phi) is 10.1. The van der Waals surface area contributed by atoms with Crippen molar-refractivity contribution in [3.63, 3.8) is 0 Å². The van der Waals surface area contributed by atoms with Gasteiger partial charge in [-0.05, 0) is 63.3 Å². The number of carbonyl (C=O) groups is 6. The molecule has 2 aliphatic heterocycles. The number of aliphatic hydroxyl groups excluding tert-OH is 1. The van der Waals surface area contributed by atoms with Gasteiger partial charge in [-0.1, -0.05) is 26.3 Å². The van der Waals surface area contributed by atoms with Crippen molar-refractivity contribution >= 4 is 46.3 Å². The fourth-order valence-corrected chi connectivity index (χ4v) is 6.65. The molecule has 47 heavy (non-hydrogen) atoms. The van der Waals surface area contributed by atoms with Crippen LogP contribution in [0.2, 0.25) is 0 Å². The van der Waals surface area contributed by atoms with Gasteiger partial charge in [0.15, 0.2) is 0 Å². The number of aromatic nitrogens is 1. The smallest absolute Gasteiger partial charge is 0.251 e. The normalized spacial score (nSPS) is 29.8. The summed E-state index contributed by atoms with van der Waals surface area (Å²) in [5.41, 5.74) is 1.09. The van der Waals surface area contributed by atoms with Crippen LogP contribution >= 0.6 is 0 Å². The first-order chi connectivity index (χ1) is 22.3. The number of nitrogens with zero attached hydrogens (tertiary/aromatic N) is 2. The first-order valence-electron chi connectivity index (χ1n) is 16.2.